The van der Waals surface area contributed by atoms with Crippen molar-refractivity contribution in [2.24, 2.45) is 11.8 Å². The third kappa shape index (κ3) is 11.6. The number of hydrogen-bond acceptors (Lipinski definition) is 7. The van der Waals surface area contributed by atoms with Crippen molar-refractivity contribution in [1.82, 2.24) is 14.7 Å². The molecule has 3 rings (SSSR count). The Morgan fingerprint density at radius 1 is 1.07 bits per heavy atom. The van der Waals surface area contributed by atoms with Gasteiger partial charge in [0.1, 0.15) is 5.75 Å². The topological polar surface area (TPSA) is 112 Å². The Morgan fingerprint density at radius 2 is 1.78 bits per heavy atom. The van der Waals surface area contributed by atoms with Crippen LogP contribution in [0, 0.1) is 11.8 Å². The van der Waals surface area contributed by atoms with Crippen molar-refractivity contribution in [3.63, 3.8) is 0 Å². The molecule has 10 heteroatoms. The number of hydrogen-bond donors (Lipinski definition) is 2. The zero-order valence-corrected chi connectivity index (χ0v) is 28.6. The average molecular weight is 631 g/mol. The minimum atomic E-state index is -0.468. The normalized spacial score (nSPS) is 23.1. The van der Waals surface area contributed by atoms with Crippen LogP contribution < -0.4 is 10.1 Å². The Bertz CT molecular complexity index is 1090. The summed E-state index contributed by atoms with van der Waals surface area (Å²) in [6, 6.07) is 4.83. The van der Waals surface area contributed by atoms with Crippen LogP contribution in [0.15, 0.2) is 18.2 Å². The summed E-state index contributed by atoms with van der Waals surface area (Å²) < 4.78 is 12.7. The Balaban J connectivity index is 1.87. The van der Waals surface area contributed by atoms with Gasteiger partial charge in [-0.15, -0.1) is 0 Å². The predicted molar refractivity (Wildman–Crippen MR) is 178 cm³/mol. The number of aliphatic hydroxyl groups excluding tert-OH is 1. The maximum Gasteiger partial charge on any atom is 0.258 e. The lowest BCUT2D eigenvalue weighted by Gasteiger charge is -2.36. The van der Waals surface area contributed by atoms with Gasteiger partial charge in [0, 0.05) is 50.7 Å². The van der Waals surface area contributed by atoms with Crippen LogP contribution >= 0.6 is 0 Å². The fourth-order valence-electron chi connectivity index (χ4n) is 6.18. The standard InChI is InChI=1S/C35H58N4O6/c1-25-22-39(26(2)24-40)35(43)30-21-29(36-34(42)28-14-8-7-9-15-28)17-18-31(30)45-27(3)13-10-11-20-44-32(25)23-38(6)33(41)16-12-19-37(4)5/h17-18,21,25-28,32,40H,7-16,19-20,22-24H2,1-6H3,(H,36,42)/t25-,26-,27+,32-/m0/s1. The van der Waals surface area contributed by atoms with E-state index >= 15 is 0 Å². The van der Waals surface area contributed by atoms with E-state index in [1.54, 1.807) is 28.0 Å². The van der Waals surface area contributed by atoms with Gasteiger partial charge < -0.3 is 34.6 Å². The van der Waals surface area contributed by atoms with Crippen LogP contribution in [0.2, 0.25) is 0 Å². The first kappa shape index (κ1) is 36.8. The summed E-state index contributed by atoms with van der Waals surface area (Å²) in [6.07, 6.45) is 8.43. The zero-order chi connectivity index (χ0) is 32.9. The second kappa shape index (κ2) is 18.5. The molecule has 0 saturated heterocycles. The number of likely N-dealkylation sites (N-methyl/N-ethyl adjacent to an activating group) is 1. The maximum atomic E-state index is 14.3. The van der Waals surface area contributed by atoms with Crippen molar-refractivity contribution in [2.45, 2.75) is 103 Å². The maximum absolute atomic E-state index is 14.3. The van der Waals surface area contributed by atoms with Gasteiger partial charge in [0.2, 0.25) is 11.8 Å². The van der Waals surface area contributed by atoms with E-state index in [-0.39, 0.29) is 48.4 Å². The predicted octanol–water partition coefficient (Wildman–Crippen LogP) is 4.80. The molecule has 0 spiro atoms. The Hall–Kier alpha value is -2.69. The van der Waals surface area contributed by atoms with E-state index < -0.39 is 6.04 Å². The molecule has 1 aromatic carbocycles. The van der Waals surface area contributed by atoms with E-state index in [9.17, 15) is 19.5 Å². The number of aliphatic hydroxyl groups is 1. The molecule has 0 radical (unpaired) electrons. The number of amides is 3. The van der Waals surface area contributed by atoms with Gasteiger partial charge in [-0.2, -0.15) is 0 Å². The number of fused-ring (bicyclic) bond motifs is 1. The number of nitrogens with zero attached hydrogens (tertiary/aromatic N) is 3. The van der Waals surface area contributed by atoms with Crippen molar-refractivity contribution < 1.29 is 29.0 Å². The Morgan fingerprint density at radius 3 is 2.47 bits per heavy atom. The van der Waals surface area contributed by atoms with E-state index in [1.165, 1.54) is 6.42 Å². The third-order valence-corrected chi connectivity index (χ3v) is 9.17. The molecule has 0 bridgehead atoms. The summed E-state index contributed by atoms with van der Waals surface area (Å²) in [5.74, 6) is 0.127. The van der Waals surface area contributed by atoms with Crippen molar-refractivity contribution in [3.8, 4) is 5.75 Å². The van der Waals surface area contributed by atoms with Crippen molar-refractivity contribution in [1.29, 1.82) is 0 Å². The molecule has 1 aliphatic heterocycles. The van der Waals surface area contributed by atoms with Crippen LogP contribution in [0.1, 0.15) is 95.3 Å². The van der Waals surface area contributed by atoms with Gasteiger partial charge in [0.25, 0.3) is 5.91 Å². The van der Waals surface area contributed by atoms with E-state index in [4.69, 9.17) is 9.47 Å². The van der Waals surface area contributed by atoms with E-state index in [0.29, 0.717) is 43.1 Å². The van der Waals surface area contributed by atoms with Crippen LogP contribution in [0.5, 0.6) is 5.75 Å². The SMILES string of the molecule is C[C@@H]1CCCCO[C@@H](CN(C)C(=O)CCCN(C)C)[C@@H](C)CN([C@@H](C)CO)C(=O)c2cc(NC(=O)C3CCCCC3)ccc2O1. The van der Waals surface area contributed by atoms with Gasteiger partial charge in [0.05, 0.1) is 30.4 Å². The number of rotatable bonds is 10. The first-order valence-corrected chi connectivity index (χ1v) is 17.0. The summed E-state index contributed by atoms with van der Waals surface area (Å²) in [5.41, 5.74) is 0.925. The summed E-state index contributed by atoms with van der Waals surface area (Å²) in [7, 11) is 5.81. The van der Waals surface area contributed by atoms with Crippen molar-refractivity contribution in [3.05, 3.63) is 23.8 Å². The largest absolute Gasteiger partial charge is 0.490 e. The molecule has 4 atom stereocenters. The fourth-order valence-corrected chi connectivity index (χ4v) is 6.18. The van der Waals surface area contributed by atoms with Crippen molar-refractivity contribution in [2.75, 3.05) is 59.3 Å². The first-order valence-electron chi connectivity index (χ1n) is 17.0. The highest BCUT2D eigenvalue weighted by Gasteiger charge is 2.31. The summed E-state index contributed by atoms with van der Waals surface area (Å²) in [5, 5.41) is 13.3. The molecular weight excluding hydrogens is 572 g/mol. The lowest BCUT2D eigenvalue weighted by Crippen LogP contribution is -2.48. The molecule has 1 saturated carbocycles. The molecule has 0 unspecified atom stereocenters. The molecule has 254 valence electrons. The molecule has 10 nitrogen and oxygen atoms in total. The summed E-state index contributed by atoms with van der Waals surface area (Å²) >= 11 is 0. The van der Waals surface area contributed by atoms with Crippen LogP contribution in [-0.4, -0.2) is 110 Å². The number of ether oxygens (including phenoxy) is 2. The lowest BCUT2D eigenvalue weighted by molar-refractivity contribution is -0.132. The molecule has 2 aliphatic rings. The zero-order valence-electron chi connectivity index (χ0n) is 28.6. The quantitative estimate of drug-likeness (QED) is 0.382. The fraction of sp³-hybridized carbons (Fsp3) is 0.743. The highest BCUT2D eigenvalue weighted by molar-refractivity contribution is 6.00. The second-order valence-electron chi connectivity index (χ2n) is 13.5. The second-order valence-corrected chi connectivity index (χ2v) is 13.5. The number of carbonyl (C=O) groups is 3. The summed E-state index contributed by atoms with van der Waals surface area (Å²) in [6.45, 7) is 7.78. The van der Waals surface area contributed by atoms with Gasteiger partial charge in [-0.25, -0.2) is 0 Å². The van der Waals surface area contributed by atoms with Crippen LogP contribution in [0.25, 0.3) is 0 Å². The van der Waals surface area contributed by atoms with Crippen LogP contribution in [0.4, 0.5) is 5.69 Å². The number of benzene rings is 1. The molecule has 45 heavy (non-hydrogen) atoms. The van der Waals surface area contributed by atoms with Crippen molar-refractivity contribution >= 4 is 23.4 Å². The van der Waals surface area contributed by atoms with Gasteiger partial charge in [-0.3, -0.25) is 14.4 Å². The van der Waals surface area contributed by atoms with Gasteiger partial charge in [0.15, 0.2) is 0 Å². The number of nitrogens with one attached hydrogen (secondary N) is 1. The average Bonchev–Trinajstić information content (AvgIpc) is 3.02. The minimum absolute atomic E-state index is 0.00754. The molecule has 0 aromatic heterocycles. The highest BCUT2D eigenvalue weighted by Crippen LogP contribution is 2.30. The lowest BCUT2D eigenvalue weighted by atomic mass is 9.88. The Kier molecular flexibility index (Phi) is 15.1. The van der Waals surface area contributed by atoms with Gasteiger partial charge >= 0.3 is 0 Å². The molecule has 1 heterocycles. The van der Waals surface area contributed by atoms with E-state index in [2.05, 4.69) is 10.2 Å². The first-order chi connectivity index (χ1) is 21.5. The monoisotopic (exact) mass is 630 g/mol. The molecular formula is C35H58N4O6. The number of carbonyl (C=O) groups excluding carboxylic acids is 3. The molecule has 2 N–H and O–H groups in total. The Labute approximate surface area is 270 Å². The van der Waals surface area contributed by atoms with Gasteiger partial charge in [-0.1, -0.05) is 26.2 Å². The highest BCUT2D eigenvalue weighted by atomic mass is 16.5. The number of anilines is 1. The molecule has 1 aliphatic carbocycles. The third-order valence-electron chi connectivity index (χ3n) is 9.17. The molecule has 1 fully saturated rings. The molecule has 3 amide bonds. The van der Waals surface area contributed by atoms with E-state index in [1.807, 2.05) is 41.9 Å². The summed E-state index contributed by atoms with van der Waals surface area (Å²) in [4.78, 5) is 45.8. The minimum Gasteiger partial charge on any atom is -0.490 e. The molecule has 1 aromatic rings. The van der Waals surface area contributed by atoms with Crippen LogP contribution in [0.3, 0.4) is 0 Å². The van der Waals surface area contributed by atoms with Gasteiger partial charge in [-0.05, 0) is 91.2 Å². The smallest absolute Gasteiger partial charge is 0.258 e. The van der Waals surface area contributed by atoms with E-state index in [0.717, 1.165) is 57.9 Å². The van der Waals surface area contributed by atoms with Crippen LogP contribution in [-0.2, 0) is 14.3 Å².